The van der Waals surface area contributed by atoms with E-state index in [0.717, 1.165) is 70.8 Å². The van der Waals surface area contributed by atoms with Crippen LogP contribution in [0.3, 0.4) is 0 Å². The number of hydrazone groups is 1. The quantitative estimate of drug-likeness (QED) is 0.0758. The molecular weight excluding hydrogens is 530 g/mol. The number of nitrogens with zero attached hydrogens (tertiary/aromatic N) is 3. The van der Waals surface area contributed by atoms with Crippen molar-refractivity contribution < 1.29 is 14.2 Å². The summed E-state index contributed by atoms with van der Waals surface area (Å²) in [6, 6.07) is 20.0. The molecule has 2 unspecified atom stereocenters. The molecule has 3 aromatic carbocycles. The van der Waals surface area contributed by atoms with Crippen LogP contribution in [0.25, 0.3) is 22.3 Å². The third-order valence-electron chi connectivity index (χ3n) is 7.72. The third kappa shape index (κ3) is 6.46. The zero-order valence-corrected chi connectivity index (χ0v) is 24.0. The number of methoxy groups -OCH3 is 1. The zero-order chi connectivity index (χ0) is 28.9. The molecule has 2 aliphatic heterocycles. The lowest BCUT2D eigenvalue weighted by atomic mass is 9.94. The van der Waals surface area contributed by atoms with Crippen LogP contribution in [0.15, 0.2) is 65.8 Å². The summed E-state index contributed by atoms with van der Waals surface area (Å²) in [5.41, 5.74) is 8.44. The lowest BCUT2D eigenvalue weighted by molar-refractivity contribution is 0.146. The van der Waals surface area contributed by atoms with Crippen LogP contribution in [0, 0.1) is 12.8 Å². The molecular formula is C32H37N7O3. The number of hydrogen-bond donors (Lipinski definition) is 4. The molecule has 10 heteroatoms. The van der Waals surface area contributed by atoms with Gasteiger partial charge in [0.15, 0.2) is 12.1 Å². The van der Waals surface area contributed by atoms with Gasteiger partial charge >= 0.3 is 0 Å². The van der Waals surface area contributed by atoms with E-state index in [2.05, 4.69) is 45.3 Å². The van der Waals surface area contributed by atoms with Crippen molar-refractivity contribution in [1.82, 2.24) is 15.3 Å². The Kier molecular flexibility index (Phi) is 8.45. The summed E-state index contributed by atoms with van der Waals surface area (Å²) in [6.45, 7) is 8.63. The summed E-state index contributed by atoms with van der Waals surface area (Å²) >= 11 is 0. The fourth-order valence-corrected chi connectivity index (χ4v) is 5.44. The molecule has 2 fully saturated rings. The predicted octanol–water partition coefficient (Wildman–Crippen LogP) is 5.54. The minimum absolute atomic E-state index is 0.0478. The number of hydrogen-bond acceptors (Lipinski definition) is 10. The molecule has 4 N–H and O–H groups in total. The van der Waals surface area contributed by atoms with Crippen LogP contribution in [-0.2, 0) is 9.47 Å². The van der Waals surface area contributed by atoms with Gasteiger partial charge < -0.3 is 30.2 Å². The van der Waals surface area contributed by atoms with Gasteiger partial charge in [-0.3, -0.25) is 5.43 Å². The first kappa shape index (κ1) is 27.9. The normalized spacial score (nSPS) is 18.4. The lowest BCUT2D eigenvalue weighted by Crippen LogP contribution is -2.31. The van der Waals surface area contributed by atoms with Gasteiger partial charge in [0, 0.05) is 36.2 Å². The van der Waals surface area contributed by atoms with E-state index < -0.39 is 0 Å². The van der Waals surface area contributed by atoms with E-state index in [-0.39, 0.29) is 12.3 Å². The van der Waals surface area contributed by atoms with Gasteiger partial charge in [-0.25, -0.2) is 9.97 Å². The number of aromatic nitrogens is 2. The molecule has 0 amide bonds. The molecule has 0 bridgehead atoms. The van der Waals surface area contributed by atoms with E-state index in [1.807, 2.05) is 55.5 Å². The number of nitrogens with one attached hydrogen (secondary N) is 4. The predicted molar refractivity (Wildman–Crippen MR) is 168 cm³/mol. The van der Waals surface area contributed by atoms with Gasteiger partial charge in [0.05, 0.1) is 17.8 Å². The zero-order valence-electron chi connectivity index (χ0n) is 24.0. The topological polar surface area (TPSA) is 117 Å². The van der Waals surface area contributed by atoms with Crippen molar-refractivity contribution in [2.75, 3.05) is 49.5 Å². The molecule has 2 atom stereocenters. The molecule has 1 aromatic heterocycles. The number of piperidine rings is 1. The highest BCUT2D eigenvalue weighted by atomic mass is 16.6. The Hall–Kier alpha value is -4.25. The van der Waals surface area contributed by atoms with Gasteiger partial charge in [0.2, 0.25) is 0 Å². The summed E-state index contributed by atoms with van der Waals surface area (Å²) in [6.07, 6.45) is 2.64. The van der Waals surface area contributed by atoms with Crippen molar-refractivity contribution in [3.8, 4) is 17.1 Å². The highest BCUT2D eigenvalue weighted by molar-refractivity contribution is 5.93. The van der Waals surface area contributed by atoms with Crippen LogP contribution in [-0.4, -0.2) is 62.4 Å². The van der Waals surface area contributed by atoms with Gasteiger partial charge in [-0.2, -0.15) is 5.10 Å². The number of anilines is 4. The molecule has 2 saturated heterocycles. The maximum absolute atomic E-state index is 6.02. The van der Waals surface area contributed by atoms with Gasteiger partial charge in [-0.05, 0) is 92.9 Å². The molecule has 0 aliphatic carbocycles. The Bertz CT molecular complexity index is 1560. The van der Waals surface area contributed by atoms with Crippen LogP contribution >= 0.6 is 0 Å². The monoisotopic (exact) mass is 567 g/mol. The number of epoxide rings is 1. The van der Waals surface area contributed by atoms with Crippen LogP contribution in [0.5, 0.6) is 5.75 Å². The maximum atomic E-state index is 6.02. The molecule has 6 rings (SSSR count). The second-order valence-corrected chi connectivity index (χ2v) is 10.7. The van der Waals surface area contributed by atoms with Crippen molar-refractivity contribution in [1.29, 1.82) is 0 Å². The minimum atomic E-state index is 0.0478. The van der Waals surface area contributed by atoms with Gasteiger partial charge in [-0.1, -0.05) is 12.1 Å². The fourth-order valence-electron chi connectivity index (χ4n) is 5.44. The van der Waals surface area contributed by atoms with Gasteiger partial charge in [0.1, 0.15) is 24.3 Å². The Balaban J connectivity index is 1.29. The van der Waals surface area contributed by atoms with Crippen LogP contribution in [0.1, 0.15) is 18.4 Å². The Labute approximate surface area is 245 Å². The molecule has 2 aliphatic rings. The van der Waals surface area contributed by atoms with Crippen LogP contribution in [0.2, 0.25) is 0 Å². The first-order chi connectivity index (χ1) is 20.6. The van der Waals surface area contributed by atoms with E-state index in [4.69, 9.17) is 24.2 Å². The smallest absolute Gasteiger partial charge is 0.162 e. The second-order valence-electron chi connectivity index (χ2n) is 10.7. The van der Waals surface area contributed by atoms with Crippen molar-refractivity contribution in [3.63, 3.8) is 0 Å². The first-order valence-corrected chi connectivity index (χ1v) is 14.4. The number of aryl methyl sites for hydroxylation is 1. The highest BCUT2D eigenvalue weighted by Gasteiger charge is 2.45. The van der Waals surface area contributed by atoms with Crippen LogP contribution in [0.4, 0.5) is 22.9 Å². The van der Waals surface area contributed by atoms with Crippen molar-refractivity contribution in [2.45, 2.75) is 32.1 Å². The minimum Gasteiger partial charge on any atom is -0.491 e. The third-order valence-corrected chi connectivity index (χ3v) is 7.72. The maximum Gasteiger partial charge on any atom is 0.162 e. The molecule has 0 spiro atoms. The summed E-state index contributed by atoms with van der Waals surface area (Å²) < 4.78 is 17.0. The molecule has 42 heavy (non-hydrogen) atoms. The van der Waals surface area contributed by atoms with Crippen molar-refractivity contribution in [3.05, 3.63) is 66.2 Å². The number of rotatable bonds is 12. The SMILES string of the molecule is C=NNc1ccc(Nc2nc(-c3cccc(NC4OC4C4CCNCC4)c3)nc3ccc(OCCOC)cc23)cc1C. The van der Waals surface area contributed by atoms with Crippen LogP contribution < -0.4 is 26.1 Å². The van der Waals surface area contributed by atoms with E-state index in [1.165, 1.54) is 0 Å². The Morgan fingerprint density at radius 1 is 1.02 bits per heavy atom. The standard InChI is InChI=1S/C32H37N7O3/c1-20-17-24(7-9-27(20)39-33-2)35-31-26-19-25(41-16-15-40-3)8-10-28(26)37-30(38-31)22-5-4-6-23(18-22)36-32-29(42-32)21-11-13-34-14-12-21/h4-10,17-19,21,29,32,34,36,39H,2,11-16H2,1,3H3,(H,35,37,38). The summed E-state index contributed by atoms with van der Waals surface area (Å²) in [5.74, 6) is 2.64. The highest BCUT2D eigenvalue weighted by Crippen LogP contribution is 2.36. The van der Waals surface area contributed by atoms with E-state index >= 15 is 0 Å². The number of benzene rings is 3. The lowest BCUT2D eigenvalue weighted by Gasteiger charge is -2.20. The summed E-state index contributed by atoms with van der Waals surface area (Å²) in [7, 11) is 1.66. The molecule has 0 radical (unpaired) electrons. The van der Waals surface area contributed by atoms with Crippen molar-refractivity contribution in [2.24, 2.45) is 11.0 Å². The number of fused-ring (bicyclic) bond motifs is 1. The fraction of sp³-hybridized carbons (Fsp3) is 0.344. The van der Waals surface area contributed by atoms with E-state index in [1.54, 1.807) is 7.11 Å². The second kappa shape index (κ2) is 12.7. The van der Waals surface area contributed by atoms with E-state index in [0.29, 0.717) is 30.8 Å². The summed E-state index contributed by atoms with van der Waals surface area (Å²) in [4.78, 5) is 9.94. The molecule has 10 nitrogen and oxygen atoms in total. The average molecular weight is 568 g/mol. The first-order valence-electron chi connectivity index (χ1n) is 14.4. The average Bonchev–Trinajstić information content (AvgIpc) is 3.78. The van der Waals surface area contributed by atoms with Crippen molar-refractivity contribution >= 4 is 40.5 Å². The van der Waals surface area contributed by atoms with Gasteiger partial charge in [0.25, 0.3) is 0 Å². The number of ether oxygens (including phenoxy) is 3. The molecule has 218 valence electrons. The van der Waals surface area contributed by atoms with Gasteiger partial charge in [-0.15, -0.1) is 0 Å². The Morgan fingerprint density at radius 3 is 2.71 bits per heavy atom. The van der Waals surface area contributed by atoms with E-state index in [9.17, 15) is 0 Å². The molecule has 0 saturated carbocycles. The molecule has 3 heterocycles. The Morgan fingerprint density at radius 2 is 1.90 bits per heavy atom. The summed E-state index contributed by atoms with van der Waals surface area (Å²) in [5, 5.41) is 15.1. The molecule has 4 aromatic rings. The largest absolute Gasteiger partial charge is 0.491 e.